The van der Waals surface area contributed by atoms with Crippen molar-refractivity contribution in [3.05, 3.63) is 71.5 Å². The highest BCUT2D eigenvalue weighted by molar-refractivity contribution is 5.98. The standard InChI is InChI=1S/C29H36N4O2/c1-5-21(6-2)28(34)31-27-17-25(8-7-20(27)3)29(35)33-15-13-24(14-16-33)22-9-11-23(12-10-22)26-18-30-32(4)19-26/h7-12,17-19,21,24H,5-6,13-16H2,1-4H3,(H,31,34). The van der Waals surface area contributed by atoms with Crippen LogP contribution in [0.4, 0.5) is 5.69 Å². The van der Waals surface area contributed by atoms with Gasteiger partial charge in [-0.15, -0.1) is 0 Å². The molecule has 1 fully saturated rings. The number of aromatic nitrogens is 2. The van der Waals surface area contributed by atoms with Crippen LogP contribution in [0, 0.1) is 12.8 Å². The average Bonchev–Trinajstić information content (AvgIpc) is 3.32. The summed E-state index contributed by atoms with van der Waals surface area (Å²) in [5.41, 5.74) is 5.95. The molecule has 2 heterocycles. The van der Waals surface area contributed by atoms with Crippen molar-refractivity contribution >= 4 is 17.5 Å². The lowest BCUT2D eigenvalue weighted by Crippen LogP contribution is -2.38. The maximum atomic E-state index is 13.2. The summed E-state index contributed by atoms with van der Waals surface area (Å²) in [6, 6.07) is 14.4. The molecule has 4 rings (SSSR count). The van der Waals surface area contributed by atoms with E-state index in [2.05, 4.69) is 34.7 Å². The number of hydrogen-bond acceptors (Lipinski definition) is 3. The monoisotopic (exact) mass is 472 g/mol. The lowest BCUT2D eigenvalue weighted by molar-refractivity contribution is -0.120. The van der Waals surface area contributed by atoms with Crippen molar-refractivity contribution in [1.29, 1.82) is 0 Å². The molecule has 1 saturated heterocycles. The fourth-order valence-electron chi connectivity index (χ4n) is 4.90. The molecular formula is C29H36N4O2. The summed E-state index contributed by atoms with van der Waals surface area (Å²) in [5.74, 6) is 0.507. The molecule has 1 aliphatic heterocycles. The number of carbonyl (C=O) groups is 2. The fraction of sp³-hybridized carbons (Fsp3) is 0.414. The van der Waals surface area contributed by atoms with Gasteiger partial charge in [-0.2, -0.15) is 5.10 Å². The first-order chi connectivity index (χ1) is 16.9. The third-order valence-corrected chi connectivity index (χ3v) is 7.30. The van der Waals surface area contributed by atoms with Crippen molar-refractivity contribution in [1.82, 2.24) is 14.7 Å². The van der Waals surface area contributed by atoms with Gasteiger partial charge in [0.05, 0.1) is 6.20 Å². The maximum absolute atomic E-state index is 13.2. The normalized spacial score (nSPS) is 14.4. The Balaban J connectivity index is 1.38. The highest BCUT2D eigenvalue weighted by atomic mass is 16.2. The van der Waals surface area contributed by atoms with E-state index in [4.69, 9.17) is 0 Å². The van der Waals surface area contributed by atoms with Crippen LogP contribution in [0.1, 0.15) is 66.9 Å². The number of benzene rings is 2. The molecule has 6 nitrogen and oxygen atoms in total. The number of anilines is 1. The van der Waals surface area contributed by atoms with Crippen LogP contribution in [0.2, 0.25) is 0 Å². The Morgan fingerprint density at radius 2 is 1.71 bits per heavy atom. The van der Waals surface area contributed by atoms with Crippen LogP contribution < -0.4 is 5.32 Å². The molecule has 0 aliphatic carbocycles. The van der Waals surface area contributed by atoms with Crippen LogP contribution in [-0.4, -0.2) is 39.6 Å². The number of amides is 2. The molecule has 1 aliphatic rings. The van der Waals surface area contributed by atoms with Crippen molar-refractivity contribution in [3.63, 3.8) is 0 Å². The SMILES string of the molecule is CCC(CC)C(=O)Nc1cc(C(=O)N2CCC(c3ccc(-c4cnn(C)c4)cc3)CC2)ccc1C. The number of likely N-dealkylation sites (tertiary alicyclic amines) is 1. The van der Waals surface area contributed by atoms with E-state index in [0.717, 1.165) is 55.6 Å². The lowest BCUT2D eigenvalue weighted by atomic mass is 9.88. The molecule has 0 saturated carbocycles. The van der Waals surface area contributed by atoms with Gasteiger partial charge in [0.2, 0.25) is 5.91 Å². The summed E-state index contributed by atoms with van der Waals surface area (Å²) in [5, 5.41) is 7.29. The molecule has 184 valence electrons. The molecule has 35 heavy (non-hydrogen) atoms. The Hall–Kier alpha value is -3.41. The molecule has 0 bridgehead atoms. The van der Waals surface area contributed by atoms with E-state index in [1.165, 1.54) is 11.1 Å². The Labute approximate surface area is 208 Å². The summed E-state index contributed by atoms with van der Waals surface area (Å²) in [6.07, 6.45) is 7.41. The number of piperidine rings is 1. The number of nitrogens with zero attached hydrogens (tertiary/aromatic N) is 3. The van der Waals surface area contributed by atoms with Gasteiger partial charge < -0.3 is 10.2 Å². The zero-order chi connectivity index (χ0) is 24.9. The second-order valence-electron chi connectivity index (χ2n) is 9.62. The third kappa shape index (κ3) is 5.64. The van der Waals surface area contributed by atoms with Crippen LogP contribution in [0.3, 0.4) is 0 Å². The number of nitrogens with one attached hydrogen (secondary N) is 1. The summed E-state index contributed by atoms with van der Waals surface area (Å²) in [4.78, 5) is 27.8. The second-order valence-corrected chi connectivity index (χ2v) is 9.62. The smallest absolute Gasteiger partial charge is 0.253 e. The van der Waals surface area contributed by atoms with Gasteiger partial charge in [-0.05, 0) is 67.3 Å². The Bertz CT molecular complexity index is 1170. The first-order valence-corrected chi connectivity index (χ1v) is 12.7. The minimum Gasteiger partial charge on any atom is -0.339 e. The average molecular weight is 473 g/mol. The van der Waals surface area contributed by atoms with Gasteiger partial charge in [0.15, 0.2) is 0 Å². The molecular weight excluding hydrogens is 436 g/mol. The van der Waals surface area contributed by atoms with E-state index in [9.17, 15) is 9.59 Å². The Kier molecular flexibility index (Phi) is 7.69. The van der Waals surface area contributed by atoms with Crippen LogP contribution in [0.25, 0.3) is 11.1 Å². The Morgan fingerprint density at radius 3 is 2.31 bits per heavy atom. The van der Waals surface area contributed by atoms with Crippen LogP contribution >= 0.6 is 0 Å². The van der Waals surface area contributed by atoms with Crippen LogP contribution in [0.5, 0.6) is 0 Å². The van der Waals surface area contributed by atoms with E-state index in [-0.39, 0.29) is 17.7 Å². The molecule has 0 atom stereocenters. The van der Waals surface area contributed by atoms with Crippen molar-refractivity contribution in [2.24, 2.45) is 13.0 Å². The van der Waals surface area contributed by atoms with E-state index >= 15 is 0 Å². The predicted octanol–water partition coefficient (Wildman–Crippen LogP) is 5.79. The zero-order valence-electron chi connectivity index (χ0n) is 21.3. The quantitative estimate of drug-likeness (QED) is 0.473. The van der Waals surface area contributed by atoms with Crippen molar-refractivity contribution in [2.75, 3.05) is 18.4 Å². The number of hydrogen-bond donors (Lipinski definition) is 1. The molecule has 2 aromatic carbocycles. The fourth-order valence-corrected chi connectivity index (χ4v) is 4.90. The molecule has 6 heteroatoms. The maximum Gasteiger partial charge on any atom is 0.253 e. The van der Waals surface area contributed by atoms with Gasteiger partial charge in [-0.25, -0.2) is 0 Å². The van der Waals surface area contributed by atoms with Gasteiger partial charge in [-0.3, -0.25) is 14.3 Å². The topological polar surface area (TPSA) is 67.2 Å². The van der Waals surface area contributed by atoms with E-state index in [1.807, 2.05) is 68.0 Å². The third-order valence-electron chi connectivity index (χ3n) is 7.30. The molecule has 0 radical (unpaired) electrons. The summed E-state index contributed by atoms with van der Waals surface area (Å²) < 4.78 is 1.81. The molecule has 2 amide bonds. The minimum atomic E-state index is -0.00814. The van der Waals surface area contributed by atoms with Crippen molar-refractivity contribution < 1.29 is 9.59 Å². The van der Waals surface area contributed by atoms with Gasteiger partial charge in [0.1, 0.15) is 0 Å². The van der Waals surface area contributed by atoms with Crippen LogP contribution in [-0.2, 0) is 11.8 Å². The second kappa shape index (κ2) is 10.9. The summed E-state index contributed by atoms with van der Waals surface area (Å²) in [7, 11) is 1.93. The molecule has 1 N–H and O–H groups in total. The zero-order valence-corrected chi connectivity index (χ0v) is 21.3. The summed E-state index contributed by atoms with van der Waals surface area (Å²) >= 11 is 0. The van der Waals surface area contributed by atoms with E-state index in [1.54, 1.807) is 0 Å². The van der Waals surface area contributed by atoms with Gasteiger partial charge in [0, 0.05) is 49.1 Å². The first-order valence-electron chi connectivity index (χ1n) is 12.7. The summed E-state index contributed by atoms with van der Waals surface area (Å²) in [6.45, 7) is 7.48. The van der Waals surface area contributed by atoms with Gasteiger partial charge >= 0.3 is 0 Å². The highest BCUT2D eigenvalue weighted by Crippen LogP contribution is 2.31. The molecule has 0 spiro atoms. The van der Waals surface area contributed by atoms with Crippen molar-refractivity contribution in [2.45, 2.75) is 52.4 Å². The van der Waals surface area contributed by atoms with E-state index < -0.39 is 0 Å². The van der Waals surface area contributed by atoms with E-state index in [0.29, 0.717) is 11.5 Å². The largest absolute Gasteiger partial charge is 0.339 e. The Morgan fingerprint density at radius 1 is 1.03 bits per heavy atom. The van der Waals surface area contributed by atoms with Crippen LogP contribution in [0.15, 0.2) is 54.9 Å². The van der Waals surface area contributed by atoms with Crippen molar-refractivity contribution in [3.8, 4) is 11.1 Å². The first kappa shape index (κ1) is 24.7. The lowest BCUT2D eigenvalue weighted by Gasteiger charge is -2.32. The molecule has 1 aromatic heterocycles. The number of carbonyl (C=O) groups excluding carboxylic acids is 2. The predicted molar refractivity (Wildman–Crippen MR) is 140 cm³/mol. The minimum absolute atomic E-state index is 0.00814. The number of rotatable bonds is 7. The van der Waals surface area contributed by atoms with Gasteiger partial charge in [0.25, 0.3) is 5.91 Å². The molecule has 0 unspecified atom stereocenters. The van der Waals surface area contributed by atoms with Gasteiger partial charge in [-0.1, -0.05) is 44.2 Å². The number of aryl methyl sites for hydroxylation is 2. The molecule has 3 aromatic rings. The highest BCUT2D eigenvalue weighted by Gasteiger charge is 2.25.